The first-order chi connectivity index (χ1) is 10.1. The van der Waals surface area contributed by atoms with Gasteiger partial charge in [-0.25, -0.2) is 0 Å². The zero-order valence-corrected chi connectivity index (χ0v) is 12.6. The van der Waals surface area contributed by atoms with E-state index in [1.54, 1.807) is 6.26 Å². The number of carbonyl (C=O) groups excluding carboxylic acids is 1. The Morgan fingerprint density at radius 2 is 2.24 bits per heavy atom. The van der Waals surface area contributed by atoms with Crippen LogP contribution in [0.4, 0.5) is 0 Å². The molecule has 1 aromatic heterocycles. The molecule has 2 atom stereocenters. The van der Waals surface area contributed by atoms with E-state index in [0.29, 0.717) is 17.4 Å². The number of nitrogens with one attached hydrogen (secondary N) is 1. The van der Waals surface area contributed by atoms with Crippen LogP contribution in [-0.2, 0) is 0 Å². The zero-order chi connectivity index (χ0) is 14.6. The average Bonchev–Trinajstić information content (AvgIpc) is 3.23. The number of rotatable bonds is 3. The van der Waals surface area contributed by atoms with Gasteiger partial charge >= 0.3 is 0 Å². The molecule has 2 aromatic rings. The molecule has 1 N–H and O–H groups in total. The van der Waals surface area contributed by atoms with Gasteiger partial charge in [0.2, 0.25) is 0 Å². The van der Waals surface area contributed by atoms with Gasteiger partial charge in [0, 0.05) is 17.0 Å². The number of aryl methyl sites for hydroxylation is 1. The molecule has 2 unspecified atom stereocenters. The van der Waals surface area contributed by atoms with Crippen LogP contribution < -0.4 is 5.32 Å². The van der Waals surface area contributed by atoms with E-state index < -0.39 is 0 Å². The molecule has 0 aliphatic heterocycles. The molecule has 0 saturated heterocycles. The van der Waals surface area contributed by atoms with Crippen molar-refractivity contribution in [3.05, 3.63) is 35.6 Å². The van der Waals surface area contributed by atoms with Crippen LogP contribution in [0.25, 0.3) is 11.0 Å². The summed E-state index contributed by atoms with van der Waals surface area (Å²) in [6, 6.07) is 6.08. The van der Waals surface area contributed by atoms with Gasteiger partial charge in [-0.2, -0.15) is 0 Å². The van der Waals surface area contributed by atoms with Crippen molar-refractivity contribution < 1.29 is 9.21 Å². The number of carbonyl (C=O) groups is 1. The highest BCUT2D eigenvalue weighted by atomic mass is 16.3. The monoisotopic (exact) mass is 283 g/mol. The van der Waals surface area contributed by atoms with Crippen molar-refractivity contribution in [1.29, 1.82) is 0 Å². The Bertz CT molecular complexity index is 711. The third-order valence-electron chi connectivity index (χ3n) is 5.53. The summed E-state index contributed by atoms with van der Waals surface area (Å²) in [5.74, 6) is 0.725. The molecule has 2 aliphatic rings. The van der Waals surface area contributed by atoms with Crippen molar-refractivity contribution in [2.75, 3.05) is 0 Å². The molecule has 1 aromatic carbocycles. The molecule has 1 heterocycles. The summed E-state index contributed by atoms with van der Waals surface area (Å²) >= 11 is 0. The fourth-order valence-corrected chi connectivity index (χ4v) is 3.96. The lowest BCUT2D eigenvalue weighted by molar-refractivity contribution is 0.0627. The summed E-state index contributed by atoms with van der Waals surface area (Å²) in [5.41, 5.74) is 3.11. The van der Waals surface area contributed by atoms with Crippen LogP contribution in [0.15, 0.2) is 28.9 Å². The predicted molar refractivity (Wildman–Crippen MR) is 82.3 cm³/mol. The summed E-state index contributed by atoms with van der Waals surface area (Å²) in [5, 5.41) is 4.33. The molecule has 110 valence electrons. The van der Waals surface area contributed by atoms with Gasteiger partial charge in [0.1, 0.15) is 5.58 Å². The van der Waals surface area contributed by atoms with Crippen molar-refractivity contribution >= 4 is 16.9 Å². The van der Waals surface area contributed by atoms with Crippen LogP contribution >= 0.6 is 0 Å². The number of furan rings is 1. The third-order valence-corrected chi connectivity index (χ3v) is 5.53. The lowest BCUT2D eigenvalue weighted by Gasteiger charge is -2.46. The summed E-state index contributed by atoms with van der Waals surface area (Å²) in [4.78, 5) is 12.6. The van der Waals surface area contributed by atoms with Crippen LogP contribution in [0.1, 0.15) is 48.5 Å². The van der Waals surface area contributed by atoms with Crippen molar-refractivity contribution in [2.45, 2.75) is 45.6 Å². The van der Waals surface area contributed by atoms with Gasteiger partial charge in [0.05, 0.1) is 6.26 Å². The Kier molecular flexibility index (Phi) is 2.69. The lowest BCUT2D eigenvalue weighted by Crippen LogP contribution is -2.55. The molecule has 2 saturated carbocycles. The molecule has 2 aliphatic carbocycles. The van der Waals surface area contributed by atoms with E-state index in [-0.39, 0.29) is 5.91 Å². The summed E-state index contributed by atoms with van der Waals surface area (Å²) in [6.07, 6.45) is 6.77. The second-order valence-corrected chi connectivity index (χ2v) is 6.82. The van der Waals surface area contributed by atoms with E-state index in [2.05, 4.69) is 12.2 Å². The van der Waals surface area contributed by atoms with Gasteiger partial charge in [-0.05, 0) is 61.3 Å². The van der Waals surface area contributed by atoms with Gasteiger partial charge in [-0.1, -0.05) is 13.3 Å². The molecular formula is C18H21NO2. The summed E-state index contributed by atoms with van der Waals surface area (Å²) in [7, 11) is 0. The standard InChI is InChI=1S/C18H21NO2/c1-3-12-9-18(6-7-18)16(12)19-17(20)13-4-5-15-14(8-13)11(2)10-21-15/h4-5,8,10,12,16H,3,6-7,9H2,1-2H3,(H,19,20). The number of benzene rings is 1. The molecule has 2 fully saturated rings. The largest absolute Gasteiger partial charge is 0.464 e. The van der Waals surface area contributed by atoms with Crippen LogP contribution in [0.2, 0.25) is 0 Å². The maximum absolute atomic E-state index is 12.6. The zero-order valence-electron chi connectivity index (χ0n) is 12.6. The third kappa shape index (κ3) is 1.90. The fourth-order valence-electron chi connectivity index (χ4n) is 3.96. The number of hydrogen-bond donors (Lipinski definition) is 1. The molecule has 1 spiro atoms. The van der Waals surface area contributed by atoms with Crippen LogP contribution in [0, 0.1) is 18.3 Å². The number of hydrogen-bond acceptors (Lipinski definition) is 2. The Balaban J connectivity index is 1.57. The fraction of sp³-hybridized carbons (Fsp3) is 0.500. The van der Waals surface area contributed by atoms with Gasteiger partial charge in [-0.3, -0.25) is 4.79 Å². The molecule has 3 nitrogen and oxygen atoms in total. The Morgan fingerprint density at radius 1 is 1.43 bits per heavy atom. The van der Waals surface area contributed by atoms with Crippen molar-refractivity contribution in [3.8, 4) is 0 Å². The first kappa shape index (κ1) is 12.9. The average molecular weight is 283 g/mol. The quantitative estimate of drug-likeness (QED) is 0.923. The highest BCUT2D eigenvalue weighted by molar-refractivity contribution is 5.98. The topological polar surface area (TPSA) is 42.2 Å². The lowest BCUT2D eigenvalue weighted by atomic mass is 9.65. The Morgan fingerprint density at radius 3 is 2.95 bits per heavy atom. The molecule has 21 heavy (non-hydrogen) atoms. The second kappa shape index (κ2) is 4.36. The first-order valence-corrected chi connectivity index (χ1v) is 7.92. The second-order valence-electron chi connectivity index (χ2n) is 6.82. The predicted octanol–water partition coefficient (Wildman–Crippen LogP) is 4.05. The minimum absolute atomic E-state index is 0.0620. The SMILES string of the molecule is CCC1CC2(CC2)C1NC(=O)c1ccc2occ(C)c2c1. The summed E-state index contributed by atoms with van der Waals surface area (Å²) in [6.45, 7) is 4.23. The molecule has 0 bridgehead atoms. The van der Waals surface area contributed by atoms with Crippen LogP contribution in [0.5, 0.6) is 0 Å². The number of amides is 1. The minimum Gasteiger partial charge on any atom is -0.464 e. The first-order valence-electron chi connectivity index (χ1n) is 7.92. The Labute approximate surface area is 124 Å². The molecule has 4 rings (SSSR count). The van der Waals surface area contributed by atoms with Crippen molar-refractivity contribution in [3.63, 3.8) is 0 Å². The van der Waals surface area contributed by atoms with E-state index in [1.807, 2.05) is 25.1 Å². The van der Waals surface area contributed by atoms with E-state index in [4.69, 9.17) is 4.42 Å². The molecular weight excluding hydrogens is 262 g/mol. The maximum atomic E-state index is 12.6. The highest BCUT2D eigenvalue weighted by Gasteiger charge is 2.60. The molecule has 1 amide bonds. The normalized spacial score (nSPS) is 25.8. The van der Waals surface area contributed by atoms with Crippen LogP contribution in [-0.4, -0.2) is 11.9 Å². The summed E-state index contributed by atoms with van der Waals surface area (Å²) < 4.78 is 5.44. The van der Waals surface area contributed by atoms with E-state index in [0.717, 1.165) is 28.5 Å². The number of fused-ring (bicyclic) bond motifs is 1. The molecule has 3 heteroatoms. The van der Waals surface area contributed by atoms with Gasteiger partial charge in [0.25, 0.3) is 5.91 Å². The van der Waals surface area contributed by atoms with Gasteiger partial charge in [-0.15, -0.1) is 0 Å². The minimum atomic E-state index is 0.0620. The smallest absolute Gasteiger partial charge is 0.251 e. The van der Waals surface area contributed by atoms with Gasteiger partial charge in [0.15, 0.2) is 0 Å². The van der Waals surface area contributed by atoms with E-state index in [9.17, 15) is 4.79 Å². The van der Waals surface area contributed by atoms with Crippen molar-refractivity contribution in [1.82, 2.24) is 5.32 Å². The van der Waals surface area contributed by atoms with Crippen LogP contribution in [0.3, 0.4) is 0 Å². The van der Waals surface area contributed by atoms with Gasteiger partial charge < -0.3 is 9.73 Å². The highest BCUT2D eigenvalue weighted by Crippen LogP contribution is 2.64. The molecule has 0 radical (unpaired) electrons. The van der Waals surface area contributed by atoms with Crippen molar-refractivity contribution in [2.24, 2.45) is 11.3 Å². The Hall–Kier alpha value is -1.77. The maximum Gasteiger partial charge on any atom is 0.251 e. The van der Waals surface area contributed by atoms with E-state index in [1.165, 1.54) is 19.3 Å². The van der Waals surface area contributed by atoms with E-state index >= 15 is 0 Å².